The third-order valence-corrected chi connectivity index (χ3v) is 8.98. The molecule has 3 fully saturated rings. The lowest BCUT2D eigenvalue weighted by molar-refractivity contribution is -0.123. The number of nitrogens with zero attached hydrogens (tertiary/aromatic N) is 3. The molecule has 34 heavy (non-hydrogen) atoms. The topological polar surface area (TPSA) is 43.9 Å². The zero-order valence-electron chi connectivity index (χ0n) is 19.5. The van der Waals surface area contributed by atoms with Crippen molar-refractivity contribution in [3.05, 3.63) is 71.0 Å². The van der Waals surface area contributed by atoms with Crippen LogP contribution in [0.15, 0.2) is 48.5 Å². The quantitative estimate of drug-likeness (QED) is 0.650. The summed E-state index contributed by atoms with van der Waals surface area (Å²) in [6.45, 7) is 3.37. The lowest BCUT2D eigenvalue weighted by Crippen LogP contribution is -2.57. The molecule has 1 spiro atoms. The highest BCUT2D eigenvalue weighted by molar-refractivity contribution is 5.94. The van der Waals surface area contributed by atoms with Crippen LogP contribution >= 0.6 is 0 Å². The van der Waals surface area contributed by atoms with E-state index in [1.165, 1.54) is 23.3 Å². The zero-order valence-corrected chi connectivity index (χ0v) is 19.5. The third kappa shape index (κ3) is 3.63. The lowest BCUT2D eigenvalue weighted by atomic mass is 9.68. The summed E-state index contributed by atoms with van der Waals surface area (Å²) in [6.07, 6.45) is 7.59. The smallest absolute Gasteiger partial charge is 0.254 e. The van der Waals surface area contributed by atoms with E-state index in [1.807, 2.05) is 4.90 Å². The van der Waals surface area contributed by atoms with Crippen LogP contribution in [0.25, 0.3) is 0 Å². The molecule has 6 rings (SSSR count). The van der Waals surface area contributed by atoms with Gasteiger partial charge in [-0.2, -0.15) is 0 Å². The van der Waals surface area contributed by atoms with Gasteiger partial charge in [0, 0.05) is 42.2 Å². The number of carbonyl (C=O) groups is 2. The van der Waals surface area contributed by atoms with Gasteiger partial charge in [0.05, 0.1) is 0 Å². The summed E-state index contributed by atoms with van der Waals surface area (Å²) >= 11 is 0. The molecule has 5 nitrogen and oxygen atoms in total. The second-order valence-corrected chi connectivity index (χ2v) is 10.7. The van der Waals surface area contributed by atoms with Crippen molar-refractivity contribution < 1.29 is 14.0 Å². The van der Waals surface area contributed by atoms with Crippen LogP contribution in [-0.2, 0) is 16.8 Å². The fourth-order valence-electron chi connectivity index (χ4n) is 7.21. The van der Waals surface area contributed by atoms with Gasteiger partial charge in [0.15, 0.2) is 0 Å². The molecule has 3 saturated heterocycles. The van der Waals surface area contributed by atoms with Gasteiger partial charge in [-0.25, -0.2) is 4.39 Å². The van der Waals surface area contributed by atoms with Crippen LogP contribution in [0.5, 0.6) is 0 Å². The number of rotatable bonds is 3. The van der Waals surface area contributed by atoms with E-state index in [2.05, 4.69) is 34.1 Å². The van der Waals surface area contributed by atoms with Crippen LogP contribution < -0.4 is 0 Å². The molecule has 0 aromatic heterocycles. The van der Waals surface area contributed by atoms with Gasteiger partial charge in [-0.15, -0.1) is 0 Å². The molecule has 2 unspecified atom stereocenters. The SMILES string of the molecule is O=CN1C2CCC1CC(N1CCC3(CC1)CN(C(=O)c1ccc(F)cc1)Cc1ccccc13)C2. The van der Waals surface area contributed by atoms with Gasteiger partial charge in [0.1, 0.15) is 5.82 Å². The molecule has 0 N–H and O–H groups in total. The molecule has 4 aliphatic heterocycles. The molecule has 4 heterocycles. The van der Waals surface area contributed by atoms with Crippen molar-refractivity contribution in [3.63, 3.8) is 0 Å². The van der Waals surface area contributed by atoms with E-state index in [0.29, 0.717) is 36.8 Å². The van der Waals surface area contributed by atoms with E-state index >= 15 is 0 Å². The number of hydrogen-bond donors (Lipinski definition) is 0. The molecule has 2 aromatic carbocycles. The molecule has 0 aliphatic carbocycles. The predicted molar refractivity (Wildman–Crippen MR) is 128 cm³/mol. The van der Waals surface area contributed by atoms with Crippen molar-refractivity contribution >= 4 is 12.3 Å². The first kappa shape index (κ1) is 21.8. The van der Waals surface area contributed by atoms with Crippen LogP contribution in [0.3, 0.4) is 0 Å². The minimum Gasteiger partial charge on any atom is -0.339 e. The molecular weight excluding hydrogens is 429 g/mol. The number of hydrogen-bond acceptors (Lipinski definition) is 3. The molecule has 2 aromatic rings. The number of amides is 2. The molecule has 0 radical (unpaired) electrons. The van der Waals surface area contributed by atoms with Crippen LogP contribution in [0, 0.1) is 5.82 Å². The highest BCUT2D eigenvalue weighted by Crippen LogP contribution is 2.44. The van der Waals surface area contributed by atoms with Crippen molar-refractivity contribution in [2.24, 2.45) is 0 Å². The maximum absolute atomic E-state index is 13.4. The summed E-state index contributed by atoms with van der Waals surface area (Å²) < 4.78 is 13.4. The Balaban J connectivity index is 1.21. The third-order valence-electron chi connectivity index (χ3n) is 8.98. The minimum absolute atomic E-state index is 0.0193. The van der Waals surface area contributed by atoms with Crippen LogP contribution in [0.2, 0.25) is 0 Å². The van der Waals surface area contributed by atoms with Gasteiger partial charge >= 0.3 is 0 Å². The summed E-state index contributed by atoms with van der Waals surface area (Å²) in [4.78, 5) is 31.5. The van der Waals surface area contributed by atoms with Crippen molar-refractivity contribution in [1.82, 2.24) is 14.7 Å². The van der Waals surface area contributed by atoms with E-state index in [-0.39, 0.29) is 17.1 Å². The molecule has 2 atom stereocenters. The van der Waals surface area contributed by atoms with E-state index in [4.69, 9.17) is 0 Å². The first-order chi connectivity index (χ1) is 16.6. The van der Waals surface area contributed by atoms with Crippen LogP contribution in [0.4, 0.5) is 4.39 Å². The van der Waals surface area contributed by atoms with Gasteiger partial charge in [-0.3, -0.25) is 9.59 Å². The van der Waals surface area contributed by atoms with Crippen LogP contribution in [-0.4, -0.2) is 64.8 Å². The Kier molecular flexibility index (Phi) is 5.44. The van der Waals surface area contributed by atoms with Crippen molar-refractivity contribution in [2.45, 2.75) is 68.6 Å². The molecule has 0 saturated carbocycles. The second-order valence-electron chi connectivity index (χ2n) is 10.7. The fraction of sp³-hybridized carbons (Fsp3) is 0.500. The number of fused-ring (bicyclic) bond motifs is 4. The van der Waals surface area contributed by atoms with Gasteiger partial charge in [0.2, 0.25) is 6.41 Å². The first-order valence-corrected chi connectivity index (χ1v) is 12.7. The largest absolute Gasteiger partial charge is 0.339 e. The average Bonchev–Trinajstić information content (AvgIpc) is 3.12. The first-order valence-electron chi connectivity index (χ1n) is 12.7. The number of piperidine rings is 2. The van der Waals surface area contributed by atoms with Crippen molar-refractivity contribution in [2.75, 3.05) is 19.6 Å². The Bertz CT molecular complexity index is 1070. The number of halogens is 1. The molecule has 6 heteroatoms. The minimum atomic E-state index is -0.322. The van der Waals surface area contributed by atoms with E-state index < -0.39 is 0 Å². The summed E-state index contributed by atoms with van der Waals surface area (Å²) in [5.74, 6) is -0.342. The highest BCUT2D eigenvalue weighted by atomic mass is 19.1. The zero-order chi connectivity index (χ0) is 23.3. The van der Waals surface area contributed by atoms with Crippen LogP contribution in [0.1, 0.15) is 60.0 Å². The molecule has 2 amide bonds. The molecule has 178 valence electrons. The molecule has 4 aliphatic rings. The second kappa shape index (κ2) is 8.49. The number of likely N-dealkylation sites (tertiary alicyclic amines) is 1. The maximum Gasteiger partial charge on any atom is 0.254 e. The molecule has 2 bridgehead atoms. The Labute approximate surface area is 200 Å². The fourth-order valence-corrected chi connectivity index (χ4v) is 7.21. The Hall–Kier alpha value is -2.73. The van der Waals surface area contributed by atoms with Crippen molar-refractivity contribution in [3.8, 4) is 0 Å². The standard InChI is InChI=1S/C28H32FN3O2/c29-22-7-5-20(6-8-22)27(34)31-17-21-3-1-2-4-26(21)28(18-31)11-13-30(14-12-28)25-15-23-9-10-24(16-25)32(23)19-33/h1-8,19,23-25H,9-18H2. The van der Waals surface area contributed by atoms with E-state index in [1.54, 1.807) is 12.1 Å². The predicted octanol–water partition coefficient (Wildman–Crippen LogP) is 3.97. The highest BCUT2D eigenvalue weighted by Gasteiger charge is 2.46. The normalized spacial score (nSPS) is 28.1. The van der Waals surface area contributed by atoms with Gasteiger partial charge in [0.25, 0.3) is 5.91 Å². The van der Waals surface area contributed by atoms with Gasteiger partial charge < -0.3 is 14.7 Å². The maximum atomic E-state index is 13.4. The Morgan fingerprint density at radius 1 is 0.941 bits per heavy atom. The van der Waals surface area contributed by atoms with Gasteiger partial charge in [-0.1, -0.05) is 24.3 Å². The summed E-state index contributed by atoms with van der Waals surface area (Å²) in [6, 6.07) is 15.9. The van der Waals surface area contributed by atoms with E-state index in [9.17, 15) is 14.0 Å². The lowest BCUT2D eigenvalue weighted by Gasteiger charge is -2.51. The summed E-state index contributed by atoms with van der Waals surface area (Å²) in [7, 11) is 0. The summed E-state index contributed by atoms with van der Waals surface area (Å²) in [5, 5.41) is 0. The Morgan fingerprint density at radius 2 is 1.62 bits per heavy atom. The monoisotopic (exact) mass is 461 g/mol. The van der Waals surface area contributed by atoms with Gasteiger partial charge in [-0.05, 0) is 87.0 Å². The molecular formula is C28H32FN3O2. The van der Waals surface area contributed by atoms with E-state index in [0.717, 1.165) is 58.0 Å². The summed E-state index contributed by atoms with van der Waals surface area (Å²) in [5.41, 5.74) is 3.14. The van der Waals surface area contributed by atoms with Crippen molar-refractivity contribution in [1.29, 1.82) is 0 Å². The Morgan fingerprint density at radius 3 is 2.29 bits per heavy atom. The number of carbonyl (C=O) groups excluding carboxylic acids is 2. The average molecular weight is 462 g/mol. The number of benzene rings is 2.